The van der Waals surface area contributed by atoms with Gasteiger partial charge in [0.05, 0.1) is 0 Å². The number of aliphatic hydroxyl groups is 1. The van der Waals surface area contributed by atoms with E-state index in [0.717, 1.165) is 6.42 Å². The van der Waals surface area contributed by atoms with Crippen molar-refractivity contribution in [2.45, 2.75) is 50.9 Å². The zero-order valence-corrected chi connectivity index (χ0v) is 13.4. The number of likely N-dealkylation sites (tertiary alicyclic amines) is 1. The Kier molecular flexibility index (Phi) is 6.49. The van der Waals surface area contributed by atoms with E-state index in [9.17, 15) is 23.1 Å². The summed E-state index contributed by atoms with van der Waals surface area (Å²) >= 11 is 0. The van der Waals surface area contributed by atoms with Crippen molar-refractivity contribution in [3.8, 4) is 0 Å². The Morgan fingerprint density at radius 3 is 2.41 bits per heavy atom. The third-order valence-electron chi connectivity index (χ3n) is 4.49. The molecule has 1 fully saturated rings. The van der Waals surface area contributed by atoms with Gasteiger partial charge >= 0.3 is 12.2 Å². The largest absolute Gasteiger partial charge is 0.417 e. The fourth-order valence-corrected chi connectivity index (χ4v) is 2.35. The number of urea groups is 1. The van der Waals surface area contributed by atoms with Crippen LogP contribution in [0.4, 0.5) is 18.0 Å². The van der Waals surface area contributed by atoms with Gasteiger partial charge in [0, 0.05) is 45.1 Å². The molecule has 0 aromatic heterocycles. The van der Waals surface area contributed by atoms with Gasteiger partial charge in [-0.3, -0.25) is 0 Å². The molecule has 0 aromatic carbocycles. The van der Waals surface area contributed by atoms with Crippen LogP contribution in [0.25, 0.3) is 0 Å². The second-order valence-corrected chi connectivity index (χ2v) is 5.99. The SMILES string of the molecule is CCC(C)N(C)CCNC(=O)N1CCC(O)(C(F)(F)F)CC1. The summed E-state index contributed by atoms with van der Waals surface area (Å²) in [5.74, 6) is 0. The van der Waals surface area contributed by atoms with Crippen LogP contribution >= 0.6 is 0 Å². The minimum atomic E-state index is -4.64. The Labute approximate surface area is 129 Å². The molecule has 130 valence electrons. The minimum Gasteiger partial charge on any atom is -0.380 e. The smallest absolute Gasteiger partial charge is 0.380 e. The van der Waals surface area contributed by atoms with E-state index in [1.165, 1.54) is 4.90 Å². The lowest BCUT2D eigenvalue weighted by molar-refractivity contribution is -0.271. The molecular weight excluding hydrogens is 299 g/mol. The molecule has 0 radical (unpaired) electrons. The van der Waals surface area contributed by atoms with Crippen molar-refractivity contribution in [3.63, 3.8) is 0 Å². The zero-order valence-electron chi connectivity index (χ0n) is 13.4. The highest BCUT2D eigenvalue weighted by Crippen LogP contribution is 2.38. The van der Waals surface area contributed by atoms with E-state index in [1.54, 1.807) is 0 Å². The summed E-state index contributed by atoms with van der Waals surface area (Å²) in [4.78, 5) is 15.3. The Morgan fingerprint density at radius 1 is 1.41 bits per heavy atom. The number of carbonyl (C=O) groups excluding carboxylic acids is 1. The van der Waals surface area contributed by atoms with Crippen LogP contribution in [0.2, 0.25) is 0 Å². The Hall–Kier alpha value is -1.02. The molecule has 0 saturated carbocycles. The lowest BCUT2D eigenvalue weighted by atomic mass is 9.91. The number of nitrogens with zero attached hydrogens (tertiary/aromatic N) is 2. The second-order valence-electron chi connectivity index (χ2n) is 5.99. The molecule has 8 heteroatoms. The van der Waals surface area contributed by atoms with Crippen molar-refractivity contribution in [1.29, 1.82) is 0 Å². The van der Waals surface area contributed by atoms with Crippen molar-refractivity contribution < 1.29 is 23.1 Å². The summed E-state index contributed by atoms with van der Waals surface area (Å²) < 4.78 is 38.0. The summed E-state index contributed by atoms with van der Waals surface area (Å²) in [6.45, 7) is 5.10. The number of piperidine rings is 1. The normalized spacial score (nSPS) is 20.1. The van der Waals surface area contributed by atoms with Gasteiger partial charge in [0.15, 0.2) is 5.60 Å². The second kappa shape index (κ2) is 7.50. The van der Waals surface area contributed by atoms with Crippen LogP contribution in [-0.4, -0.2) is 72.0 Å². The zero-order chi connectivity index (χ0) is 17.0. The molecule has 0 aliphatic carbocycles. The highest BCUT2D eigenvalue weighted by Gasteiger charge is 2.54. The molecule has 1 unspecified atom stereocenters. The first kappa shape index (κ1) is 19.0. The monoisotopic (exact) mass is 325 g/mol. The van der Waals surface area contributed by atoms with Gasteiger partial charge in [-0.15, -0.1) is 0 Å². The fraction of sp³-hybridized carbons (Fsp3) is 0.929. The summed E-state index contributed by atoms with van der Waals surface area (Å²) in [5.41, 5.74) is -2.67. The first-order valence-electron chi connectivity index (χ1n) is 7.63. The molecule has 1 aliphatic heterocycles. The van der Waals surface area contributed by atoms with Gasteiger partial charge in [0.25, 0.3) is 0 Å². The van der Waals surface area contributed by atoms with Crippen molar-refractivity contribution in [3.05, 3.63) is 0 Å². The van der Waals surface area contributed by atoms with Gasteiger partial charge in [-0.05, 0) is 20.4 Å². The van der Waals surface area contributed by atoms with Crippen LogP contribution in [0, 0.1) is 0 Å². The molecule has 1 saturated heterocycles. The fourth-order valence-electron chi connectivity index (χ4n) is 2.35. The molecule has 0 spiro atoms. The van der Waals surface area contributed by atoms with Crippen LogP contribution in [0.3, 0.4) is 0 Å². The average Bonchev–Trinajstić information content (AvgIpc) is 2.45. The maximum Gasteiger partial charge on any atom is 0.417 e. The number of alkyl halides is 3. The maximum atomic E-state index is 12.7. The van der Waals surface area contributed by atoms with Crippen LogP contribution < -0.4 is 5.32 Å². The topological polar surface area (TPSA) is 55.8 Å². The highest BCUT2D eigenvalue weighted by molar-refractivity contribution is 5.74. The minimum absolute atomic E-state index is 0.0942. The molecule has 22 heavy (non-hydrogen) atoms. The summed E-state index contributed by atoms with van der Waals surface area (Å²) in [7, 11) is 1.96. The Morgan fingerprint density at radius 2 is 1.95 bits per heavy atom. The molecular formula is C14H26F3N3O2. The van der Waals surface area contributed by atoms with Gasteiger partial charge in [-0.1, -0.05) is 6.92 Å². The molecule has 5 nitrogen and oxygen atoms in total. The molecule has 0 bridgehead atoms. The van der Waals surface area contributed by atoms with Gasteiger partial charge in [-0.25, -0.2) is 4.79 Å². The molecule has 2 N–H and O–H groups in total. The first-order valence-corrected chi connectivity index (χ1v) is 7.63. The molecule has 2 amide bonds. The molecule has 1 heterocycles. The molecule has 1 aliphatic rings. The maximum absolute atomic E-state index is 12.7. The predicted octanol–water partition coefficient (Wildman–Crippen LogP) is 1.82. The van der Waals surface area contributed by atoms with Gasteiger partial charge in [0.1, 0.15) is 0 Å². The number of halogens is 3. The van der Waals surface area contributed by atoms with Crippen molar-refractivity contribution in [2.24, 2.45) is 0 Å². The van der Waals surface area contributed by atoms with E-state index in [2.05, 4.69) is 24.1 Å². The number of amides is 2. The van der Waals surface area contributed by atoms with Crippen LogP contribution in [0.15, 0.2) is 0 Å². The summed E-state index contributed by atoms with van der Waals surface area (Å²) in [6, 6.07) is 0.0375. The van der Waals surface area contributed by atoms with E-state index in [1.807, 2.05) is 7.05 Å². The lowest BCUT2D eigenvalue weighted by Crippen LogP contribution is -2.56. The first-order chi connectivity index (χ1) is 10.1. The number of carbonyl (C=O) groups is 1. The van der Waals surface area contributed by atoms with Crippen molar-refractivity contribution >= 4 is 6.03 Å². The Balaban J connectivity index is 2.35. The van der Waals surface area contributed by atoms with Gasteiger partial charge in [-0.2, -0.15) is 13.2 Å². The van der Waals surface area contributed by atoms with E-state index in [-0.39, 0.29) is 19.1 Å². The summed E-state index contributed by atoms with van der Waals surface area (Å²) in [5, 5.41) is 12.3. The third kappa shape index (κ3) is 4.74. The van der Waals surface area contributed by atoms with Crippen LogP contribution in [-0.2, 0) is 0 Å². The number of nitrogens with one attached hydrogen (secondary N) is 1. The van der Waals surface area contributed by atoms with Crippen molar-refractivity contribution in [2.75, 3.05) is 33.2 Å². The van der Waals surface area contributed by atoms with E-state index < -0.39 is 24.6 Å². The molecule has 1 atom stereocenters. The van der Waals surface area contributed by atoms with Gasteiger partial charge < -0.3 is 20.2 Å². The Bertz CT molecular complexity index is 369. The molecule has 1 rings (SSSR count). The highest BCUT2D eigenvalue weighted by atomic mass is 19.4. The van der Waals surface area contributed by atoms with E-state index in [0.29, 0.717) is 19.1 Å². The lowest BCUT2D eigenvalue weighted by Gasteiger charge is -2.39. The standard InChI is InChI=1S/C14H26F3N3O2/c1-4-11(2)19(3)10-7-18-12(21)20-8-5-13(22,6-9-20)14(15,16)17/h11,22H,4-10H2,1-3H3,(H,18,21). The number of hydrogen-bond donors (Lipinski definition) is 2. The van der Waals surface area contributed by atoms with Crippen LogP contribution in [0.1, 0.15) is 33.1 Å². The predicted molar refractivity (Wildman–Crippen MR) is 77.6 cm³/mol. The number of rotatable bonds is 5. The van der Waals surface area contributed by atoms with E-state index in [4.69, 9.17) is 0 Å². The van der Waals surface area contributed by atoms with Crippen molar-refractivity contribution in [1.82, 2.24) is 15.1 Å². The quantitative estimate of drug-likeness (QED) is 0.811. The van der Waals surface area contributed by atoms with Crippen LogP contribution in [0.5, 0.6) is 0 Å². The van der Waals surface area contributed by atoms with E-state index >= 15 is 0 Å². The number of likely N-dealkylation sites (N-methyl/N-ethyl adjacent to an activating group) is 1. The van der Waals surface area contributed by atoms with Gasteiger partial charge in [0.2, 0.25) is 0 Å². The third-order valence-corrected chi connectivity index (χ3v) is 4.49. The summed E-state index contributed by atoms with van der Waals surface area (Å²) in [6.07, 6.45) is -4.59. The number of hydrogen-bond acceptors (Lipinski definition) is 3. The molecule has 0 aromatic rings. The average molecular weight is 325 g/mol.